The average molecular weight is 208 g/mol. The summed E-state index contributed by atoms with van der Waals surface area (Å²) in [5.74, 6) is 0.654. The van der Waals surface area contributed by atoms with E-state index in [0.29, 0.717) is 19.0 Å². The molecule has 0 spiro atoms. The van der Waals surface area contributed by atoms with Crippen molar-refractivity contribution in [1.29, 1.82) is 0 Å². The van der Waals surface area contributed by atoms with Crippen LogP contribution in [-0.4, -0.2) is 19.5 Å². The lowest BCUT2D eigenvalue weighted by Gasteiger charge is -2.33. The Morgan fingerprint density at radius 1 is 1.40 bits per heavy atom. The van der Waals surface area contributed by atoms with Crippen LogP contribution >= 0.6 is 0 Å². The first-order chi connectivity index (χ1) is 7.02. The average Bonchev–Trinajstić information content (AvgIpc) is 2.15. The number of hydrogen-bond donors (Lipinski definition) is 0. The topological polar surface area (TPSA) is 35.5 Å². The molecule has 1 aliphatic heterocycles. The minimum atomic E-state index is 0.0672. The second-order valence-electron chi connectivity index (χ2n) is 4.91. The Morgan fingerprint density at radius 3 is 2.80 bits per heavy atom. The molecule has 0 amide bonds. The van der Waals surface area contributed by atoms with Crippen molar-refractivity contribution in [3.05, 3.63) is 23.2 Å². The molecule has 3 heteroatoms. The minimum absolute atomic E-state index is 0.0672. The van der Waals surface area contributed by atoms with Crippen molar-refractivity contribution < 1.29 is 14.3 Å². The van der Waals surface area contributed by atoms with Gasteiger partial charge < -0.3 is 9.47 Å². The number of allylic oxidation sites excluding steroid dienone is 2. The molecule has 0 radical (unpaired) electrons. The number of ether oxygens (including phenoxy) is 2. The first kappa shape index (κ1) is 10.3. The van der Waals surface area contributed by atoms with E-state index in [0.717, 1.165) is 17.6 Å². The van der Waals surface area contributed by atoms with Crippen LogP contribution in [0.1, 0.15) is 26.7 Å². The fourth-order valence-corrected chi connectivity index (χ4v) is 2.21. The van der Waals surface area contributed by atoms with E-state index in [2.05, 4.69) is 13.8 Å². The van der Waals surface area contributed by atoms with Gasteiger partial charge in [0.1, 0.15) is 6.61 Å². The Kier molecular flexibility index (Phi) is 2.33. The predicted molar refractivity (Wildman–Crippen MR) is 56.1 cm³/mol. The SMILES string of the molecule is COC1=CC2=C(CO1)CC(C)(C)CC2=O. The molecule has 3 nitrogen and oxygen atoms in total. The molecule has 0 N–H and O–H groups in total. The molecule has 0 unspecified atom stereocenters. The third-order valence-electron chi connectivity index (χ3n) is 2.86. The predicted octanol–water partition coefficient (Wildman–Crippen LogP) is 2.19. The van der Waals surface area contributed by atoms with Gasteiger partial charge in [0.15, 0.2) is 5.78 Å². The summed E-state index contributed by atoms with van der Waals surface area (Å²) in [4.78, 5) is 11.9. The highest BCUT2D eigenvalue weighted by molar-refractivity contribution is 6.00. The number of hydrogen-bond acceptors (Lipinski definition) is 3. The Bertz CT molecular complexity index is 361. The van der Waals surface area contributed by atoms with Crippen LogP contribution in [0, 0.1) is 5.41 Å². The maximum atomic E-state index is 11.9. The van der Waals surface area contributed by atoms with Gasteiger partial charge in [0.05, 0.1) is 7.11 Å². The fraction of sp³-hybridized carbons (Fsp3) is 0.583. The molecule has 0 fully saturated rings. The van der Waals surface area contributed by atoms with Crippen LogP contribution < -0.4 is 0 Å². The van der Waals surface area contributed by atoms with Crippen molar-refractivity contribution in [3.63, 3.8) is 0 Å². The first-order valence-electron chi connectivity index (χ1n) is 5.15. The second-order valence-corrected chi connectivity index (χ2v) is 4.91. The number of Topliss-reactive ketones (excluding diaryl/α,β-unsaturated/α-hetero) is 1. The van der Waals surface area contributed by atoms with E-state index in [9.17, 15) is 4.79 Å². The molecular formula is C12H16O3. The van der Waals surface area contributed by atoms with E-state index in [1.807, 2.05) is 0 Å². The molecular weight excluding hydrogens is 192 g/mol. The van der Waals surface area contributed by atoms with Crippen LogP contribution in [0.25, 0.3) is 0 Å². The molecule has 0 bridgehead atoms. The van der Waals surface area contributed by atoms with Gasteiger partial charge in [-0.2, -0.15) is 0 Å². The van der Waals surface area contributed by atoms with Crippen LogP contribution in [0.2, 0.25) is 0 Å². The maximum Gasteiger partial charge on any atom is 0.279 e. The summed E-state index contributed by atoms with van der Waals surface area (Å²) in [5, 5.41) is 0. The Morgan fingerprint density at radius 2 is 2.13 bits per heavy atom. The third kappa shape index (κ3) is 1.91. The van der Waals surface area contributed by atoms with Crippen molar-refractivity contribution in [2.45, 2.75) is 26.7 Å². The second kappa shape index (κ2) is 3.40. The van der Waals surface area contributed by atoms with E-state index < -0.39 is 0 Å². The molecule has 82 valence electrons. The normalized spacial score (nSPS) is 24.2. The van der Waals surface area contributed by atoms with Crippen molar-refractivity contribution in [2.24, 2.45) is 5.41 Å². The highest BCUT2D eigenvalue weighted by atomic mass is 16.7. The summed E-state index contributed by atoms with van der Waals surface area (Å²) >= 11 is 0. The summed E-state index contributed by atoms with van der Waals surface area (Å²) in [6, 6.07) is 0. The molecule has 15 heavy (non-hydrogen) atoms. The smallest absolute Gasteiger partial charge is 0.279 e. The van der Waals surface area contributed by atoms with Gasteiger partial charge in [-0.3, -0.25) is 4.79 Å². The van der Waals surface area contributed by atoms with Gasteiger partial charge in [-0.25, -0.2) is 0 Å². The zero-order chi connectivity index (χ0) is 11.1. The number of ketones is 1. The van der Waals surface area contributed by atoms with Crippen molar-refractivity contribution >= 4 is 5.78 Å². The third-order valence-corrected chi connectivity index (χ3v) is 2.86. The molecule has 1 aliphatic carbocycles. The molecule has 2 aliphatic rings. The van der Waals surface area contributed by atoms with E-state index in [-0.39, 0.29) is 11.2 Å². The molecule has 0 saturated heterocycles. The van der Waals surface area contributed by atoms with Crippen molar-refractivity contribution in [2.75, 3.05) is 13.7 Å². The lowest BCUT2D eigenvalue weighted by Crippen LogP contribution is -2.28. The summed E-state index contributed by atoms with van der Waals surface area (Å²) in [7, 11) is 1.55. The van der Waals surface area contributed by atoms with Crippen LogP contribution in [0.3, 0.4) is 0 Å². The molecule has 0 atom stereocenters. The van der Waals surface area contributed by atoms with Crippen molar-refractivity contribution in [3.8, 4) is 0 Å². The van der Waals surface area contributed by atoms with Gasteiger partial charge in [0.2, 0.25) is 0 Å². The van der Waals surface area contributed by atoms with Gasteiger partial charge >= 0.3 is 0 Å². The minimum Gasteiger partial charge on any atom is -0.469 e. The van der Waals surface area contributed by atoms with E-state index >= 15 is 0 Å². The van der Waals surface area contributed by atoms with Crippen LogP contribution in [0.4, 0.5) is 0 Å². The summed E-state index contributed by atoms with van der Waals surface area (Å²) in [6.07, 6.45) is 3.26. The van der Waals surface area contributed by atoms with Crippen LogP contribution in [-0.2, 0) is 14.3 Å². The van der Waals surface area contributed by atoms with E-state index in [1.54, 1.807) is 13.2 Å². The molecule has 2 rings (SSSR count). The molecule has 1 heterocycles. The molecule has 0 aromatic heterocycles. The largest absolute Gasteiger partial charge is 0.469 e. The number of carbonyl (C=O) groups excluding carboxylic acids is 1. The zero-order valence-corrected chi connectivity index (χ0v) is 9.42. The van der Waals surface area contributed by atoms with Crippen LogP contribution in [0.5, 0.6) is 0 Å². The molecule has 0 aromatic rings. The lowest BCUT2D eigenvalue weighted by molar-refractivity contribution is -0.118. The number of methoxy groups -OCH3 is 1. The van der Waals surface area contributed by atoms with Crippen molar-refractivity contribution in [1.82, 2.24) is 0 Å². The molecule has 0 aromatic carbocycles. The maximum absolute atomic E-state index is 11.9. The Labute approximate surface area is 89.8 Å². The number of carbonyl (C=O) groups is 1. The van der Waals surface area contributed by atoms with Gasteiger partial charge in [-0.15, -0.1) is 0 Å². The zero-order valence-electron chi connectivity index (χ0n) is 9.42. The molecule has 0 saturated carbocycles. The van der Waals surface area contributed by atoms with Gasteiger partial charge in [0, 0.05) is 18.1 Å². The highest BCUT2D eigenvalue weighted by Gasteiger charge is 2.34. The Balaban J connectivity index is 2.34. The van der Waals surface area contributed by atoms with Crippen LogP contribution in [0.15, 0.2) is 23.2 Å². The highest BCUT2D eigenvalue weighted by Crippen LogP contribution is 2.39. The van der Waals surface area contributed by atoms with E-state index in [4.69, 9.17) is 9.47 Å². The summed E-state index contributed by atoms with van der Waals surface area (Å²) in [6.45, 7) is 4.72. The monoisotopic (exact) mass is 208 g/mol. The standard InChI is InChI=1S/C12H16O3/c1-12(2)5-8-7-15-11(14-3)4-9(8)10(13)6-12/h4H,5-7H2,1-3H3. The first-order valence-corrected chi connectivity index (χ1v) is 5.15. The fourth-order valence-electron chi connectivity index (χ4n) is 2.21. The van der Waals surface area contributed by atoms with Gasteiger partial charge in [-0.05, 0) is 17.4 Å². The van der Waals surface area contributed by atoms with Gasteiger partial charge in [-0.1, -0.05) is 13.8 Å². The summed E-state index contributed by atoms with van der Waals surface area (Å²) < 4.78 is 10.4. The lowest BCUT2D eigenvalue weighted by atomic mass is 9.73. The quantitative estimate of drug-likeness (QED) is 0.662. The number of rotatable bonds is 1. The van der Waals surface area contributed by atoms with E-state index in [1.165, 1.54) is 0 Å². The van der Waals surface area contributed by atoms with Gasteiger partial charge in [0.25, 0.3) is 5.95 Å². The summed E-state index contributed by atoms with van der Waals surface area (Å²) in [5.41, 5.74) is 1.98. The Hall–Kier alpha value is -1.25.